The Hall–Kier alpha value is 0.223. The minimum absolute atomic E-state index is 0.410. The molecule has 0 aromatic heterocycles. The molecular weight excluding hydrogens is 261 g/mol. The predicted molar refractivity (Wildman–Crippen MR) is 20.5 cm³/mol. The van der Waals surface area contributed by atoms with E-state index in [9.17, 15) is 0 Å². The molecule has 0 unspecified atom stereocenters. The first kappa shape index (κ1) is 3.41. The first-order valence-electron chi connectivity index (χ1n) is 1.30. The number of hydrogen-bond donors (Lipinski definition) is 1. The molecule has 0 amide bonds. The molecule has 0 aromatic rings. The number of nitrogens with zero attached hydrogens (tertiary/aromatic N) is 1. The molecule has 1 aliphatic heterocycles. The van der Waals surface area contributed by atoms with Crippen LogP contribution in [0.1, 0.15) is 0 Å². The molecule has 1 heterocycles. The van der Waals surface area contributed by atoms with E-state index in [0.717, 1.165) is 0 Å². The van der Waals surface area contributed by atoms with Crippen LogP contribution in [0.15, 0.2) is 13.0 Å². The Morgan fingerprint density at radius 3 is 3.00 bits per heavy atom. The van der Waals surface area contributed by atoms with Gasteiger partial charge in [0.2, 0.25) is 0 Å². The molecule has 0 spiro atoms. The van der Waals surface area contributed by atoms with Gasteiger partial charge >= 0.3 is 41.5 Å². The number of hydrogen-bond acceptors (Lipinski definition) is 2. The molecule has 26 valence electrons. The maximum atomic E-state index is 3.90. The summed E-state index contributed by atoms with van der Waals surface area (Å²) < 4.78 is 6.04. The molecule has 3 heteroatoms. The van der Waals surface area contributed by atoms with Gasteiger partial charge in [0.15, 0.2) is 0 Å². The zero-order valence-corrected chi connectivity index (χ0v) is 6.03. The number of rotatable bonds is 0. The van der Waals surface area contributed by atoms with E-state index in [4.69, 9.17) is 0 Å². The third-order valence-corrected chi connectivity index (χ3v) is 2.33. The Balaban J connectivity index is 2.61. The topological polar surface area (TPSA) is 24.4 Å². The summed E-state index contributed by atoms with van der Waals surface area (Å²) in [5, 5.41) is 0. The summed E-state index contributed by atoms with van der Waals surface area (Å²) in [5.41, 5.74) is 2.75. The average molecular weight is 264 g/mol. The molecule has 5 heavy (non-hydrogen) atoms. The second kappa shape index (κ2) is 1.61. The van der Waals surface area contributed by atoms with Crippen LogP contribution in [-0.4, -0.2) is 23.1 Å². The van der Waals surface area contributed by atoms with Crippen LogP contribution in [0, 0.1) is 0 Å². The van der Waals surface area contributed by atoms with Gasteiger partial charge in [0.25, 0.3) is 0 Å². The molecular formula is C2H3BiN2. The summed E-state index contributed by atoms with van der Waals surface area (Å²) in [6.45, 7) is 0. The van der Waals surface area contributed by atoms with Crippen LogP contribution < -0.4 is 5.43 Å². The standard InChI is InChI=1S/C2H3N2.Bi/c1-2-4-3;/h1-2,4H;. The molecule has 2 nitrogen and oxygen atoms in total. The summed E-state index contributed by atoms with van der Waals surface area (Å²) in [5.74, 6) is 0. The molecule has 0 aromatic carbocycles. The van der Waals surface area contributed by atoms with Gasteiger partial charge in [-0.1, -0.05) is 0 Å². The van der Waals surface area contributed by atoms with Crippen LogP contribution in [0.25, 0.3) is 0 Å². The molecule has 0 bridgehead atoms. The Bertz CT molecular complexity index is 65.7. The van der Waals surface area contributed by atoms with E-state index in [1.807, 2.05) is 6.20 Å². The van der Waals surface area contributed by atoms with Gasteiger partial charge in [0, 0.05) is 0 Å². The Kier molecular flexibility index (Phi) is 1.10. The third-order valence-electron chi connectivity index (χ3n) is 0.331. The molecule has 0 saturated heterocycles. The fraction of sp³-hybridized carbons (Fsp3) is 0. The van der Waals surface area contributed by atoms with Crippen molar-refractivity contribution in [3.8, 4) is 0 Å². The van der Waals surface area contributed by atoms with Crippen LogP contribution in [0.4, 0.5) is 0 Å². The molecule has 1 aliphatic rings. The second-order valence-electron chi connectivity index (χ2n) is 0.660. The SMILES string of the molecule is C1=[CH][Bi]=[N]N1. The van der Waals surface area contributed by atoms with Crippen molar-refractivity contribution >= 4 is 23.1 Å². The summed E-state index contributed by atoms with van der Waals surface area (Å²) in [7, 11) is 0. The van der Waals surface area contributed by atoms with Crippen molar-refractivity contribution in [3.63, 3.8) is 0 Å². The quantitative estimate of drug-likeness (QED) is 0.605. The van der Waals surface area contributed by atoms with Crippen LogP contribution in [0.3, 0.4) is 0 Å². The van der Waals surface area contributed by atoms with E-state index < -0.39 is 23.1 Å². The Labute approximate surface area is 41.7 Å². The van der Waals surface area contributed by atoms with E-state index >= 15 is 0 Å². The Morgan fingerprint density at radius 1 is 1.80 bits per heavy atom. The summed E-state index contributed by atoms with van der Waals surface area (Å²) in [4.78, 5) is 0. The van der Waals surface area contributed by atoms with Crippen LogP contribution >= 0.6 is 0 Å². The van der Waals surface area contributed by atoms with E-state index in [0.29, 0.717) is 0 Å². The van der Waals surface area contributed by atoms with Crippen molar-refractivity contribution in [2.45, 2.75) is 0 Å². The normalized spacial score (nSPS) is 16.0. The molecule has 0 atom stereocenters. The van der Waals surface area contributed by atoms with Crippen molar-refractivity contribution in [1.29, 1.82) is 0 Å². The Morgan fingerprint density at radius 2 is 2.80 bits per heavy atom. The second-order valence-corrected chi connectivity index (χ2v) is 3.49. The molecule has 0 aliphatic carbocycles. The van der Waals surface area contributed by atoms with Crippen LogP contribution in [0.2, 0.25) is 0 Å². The summed E-state index contributed by atoms with van der Waals surface area (Å²) in [6.07, 6.45) is 1.90. The maximum absolute atomic E-state index is 3.90. The fourth-order valence-electron chi connectivity index (χ4n) is 0.167. The van der Waals surface area contributed by atoms with Crippen LogP contribution in [-0.2, 0) is 0 Å². The summed E-state index contributed by atoms with van der Waals surface area (Å²) >= 11 is -0.410. The number of nitrogens with one attached hydrogen (secondary N) is 1. The zero-order chi connectivity index (χ0) is 3.54. The van der Waals surface area contributed by atoms with E-state index in [2.05, 4.69) is 12.2 Å². The van der Waals surface area contributed by atoms with Gasteiger partial charge in [-0.3, -0.25) is 0 Å². The van der Waals surface area contributed by atoms with Crippen molar-refractivity contribution in [3.05, 3.63) is 9.98 Å². The van der Waals surface area contributed by atoms with Gasteiger partial charge < -0.3 is 0 Å². The monoisotopic (exact) mass is 264 g/mol. The minimum atomic E-state index is -0.410. The predicted octanol–water partition coefficient (Wildman–Crippen LogP) is -0.136. The average Bonchev–Trinajstić information content (AvgIpc) is 1.76. The van der Waals surface area contributed by atoms with E-state index in [-0.39, 0.29) is 0 Å². The molecule has 0 fully saturated rings. The van der Waals surface area contributed by atoms with Crippen molar-refractivity contribution < 1.29 is 0 Å². The van der Waals surface area contributed by atoms with Crippen molar-refractivity contribution in [2.24, 2.45) is 2.98 Å². The van der Waals surface area contributed by atoms with E-state index in [1.54, 1.807) is 0 Å². The molecule has 0 radical (unpaired) electrons. The van der Waals surface area contributed by atoms with E-state index in [1.165, 1.54) is 0 Å². The summed E-state index contributed by atoms with van der Waals surface area (Å²) in [6, 6.07) is 0. The molecule has 0 saturated carbocycles. The first-order valence-corrected chi connectivity index (χ1v) is 4.87. The molecule has 1 N–H and O–H groups in total. The van der Waals surface area contributed by atoms with Gasteiger partial charge in [-0.2, -0.15) is 0 Å². The zero-order valence-electron chi connectivity index (χ0n) is 2.55. The van der Waals surface area contributed by atoms with Gasteiger partial charge in [0.05, 0.1) is 0 Å². The fourth-order valence-corrected chi connectivity index (χ4v) is 1.46. The van der Waals surface area contributed by atoms with Crippen molar-refractivity contribution in [2.75, 3.05) is 0 Å². The van der Waals surface area contributed by atoms with Gasteiger partial charge in [-0.05, 0) is 0 Å². The molecule has 1 rings (SSSR count). The van der Waals surface area contributed by atoms with Crippen LogP contribution in [0.5, 0.6) is 0 Å². The van der Waals surface area contributed by atoms with Crippen molar-refractivity contribution in [1.82, 2.24) is 5.43 Å². The third kappa shape index (κ3) is 0.765. The first-order chi connectivity index (χ1) is 2.50. The van der Waals surface area contributed by atoms with Gasteiger partial charge in [-0.25, -0.2) is 0 Å². The van der Waals surface area contributed by atoms with Gasteiger partial charge in [0.1, 0.15) is 0 Å². The van der Waals surface area contributed by atoms with Gasteiger partial charge in [-0.15, -0.1) is 0 Å².